The SMILES string of the molecule is CC(C)C(NC(=O)c1cccs1)C(=O)NCCC1CCCNC1. The fourth-order valence-corrected chi connectivity index (χ4v) is 3.46. The average Bonchev–Trinajstić information content (AvgIpc) is 3.07. The fourth-order valence-electron chi connectivity index (χ4n) is 2.83. The number of hydrogen-bond donors (Lipinski definition) is 3. The van der Waals surface area contributed by atoms with E-state index in [9.17, 15) is 9.59 Å². The molecule has 1 aromatic heterocycles. The first-order valence-corrected chi connectivity index (χ1v) is 9.28. The normalized spacial score (nSPS) is 19.3. The predicted octanol–water partition coefficient (Wildman–Crippen LogP) is 2.01. The molecule has 1 aliphatic rings. The van der Waals surface area contributed by atoms with Crippen LogP contribution in [0.3, 0.4) is 0 Å². The highest BCUT2D eigenvalue weighted by molar-refractivity contribution is 7.12. The number of nitrogens with one attached hydrogen (secondary N) is 3. The molecule has 2 amide bonds. The maximum absolute atomic E-state index is 12.4. The van der Waals surface area contributed by atoms with E-state index in [2.05, 4.69) is 16.0 Å². The summed E-state index contributed by atoms with van der Waals surface area (Å²) in [5.41, 5.74) is 0. The van der Waals surface area contributed by atoms with Gasteiger partial charge in [0, 0.05) is 6.54 Å². The second kappa shape index (κ2) is 9.03. The molecule has 1 aromatic rings. The molecule has 1 saturated heterocycles. The summed E-state index contributed by atoms with van der Waals surface area (Å²) in [5.74, 6) is 0.427. The Morgan fingerprint density at radius 1 is 1.43 bits per heavy atom. The molecular formula is C17H27N3O2S. The van der Waals surface area contributed by atoms with Crippen molar-refractivity contribution in [1.82, 2.24) is 16.0 Å². The summed E-state index contributed by atoms with van der Waals surface area (Å²) in [4.78, 5) is 25.2. The molecule has 2 heterocycles. The average molecular weight is 337 g/mol. The number of thiophene rings is 1. The Bertz CT molecular complexity index is 496. The van der Waals surface area contributed by atoms with E-state index in [1.165, 1.54) is 24.2 Å². The van der Waals surface area contributed by atoms with Gasteiger partial charge in [0.05, 0.1) is 4.88 Å². The molecule has 3 N–H and O–H groups in total. The number of hydrogen-bond acceptors (Lipinski definition) is 4. The van der Waals surface area contributed by atoms with Crippen LogP contribution in [-0.2, 0) is 4.79 Å². The van der Waals surface area contributed by atoms with Crippen molar-refractivity contribution in [2.45, 2.75) is 39.2 Å². The van der Waals surface area contributed by atoms with Gasteiger partial charge in [0.15, 0.2) is 0 Å². The highest BCUT2D eigenvalue weighted by Gasteiger charge is 2.25. The summed E-state index contributed by atoms with van der Waals surface area (Å²) < 4.78 is 0. The first-order valence-electron chi connectivity index (χ1n) is 8.40. The molecule has 128 valence electrons. The van der Waals surface area contributed by atoms with Crippen LogP contribution in [0.5, 0.6) is 0 Å². The summed E-state index contributed by atoms with van der Waals surface area (Å²) >= 11 is 1.38. The number of amides is 2. The molecule has 0 aromatic carbocycles. The standard InChI is InChI=1S/C17H27N3O2S/c1-12(2)15(20-16(21)14-6-4-10-23-14)17(22)19-9-7-13-5-3-8-18-11-13/h4,6,10,12-13,15,18H,3,5,7-9,11H2,1-2H3,(H,19,22)(H,20,21). The van der Waals surface area contributed by atoms with Gasteiger partial charge in [-0.2, -0.15) is 0 Å². The highest BCUT2D eigenvalue weighted by atomic mass is 32.1. The molecule has 0 spiro atoms. The van der Waals surface area contributed by atoms with Crippen molar-refractivity contribution in [3.05, 3.63) is 22.4 Å². The Hall–Kier alpha value is -1.40. The van der Waals surface area contributed by atoms with E-state index in [0.717, 1.165) is 19.5 Å². The third-order valence-electron chi connectivity index (χ3n) is 4.23. The van der Waals surface area contributed by atoms with Gasteiger partial charge in [-0.3, -0.25) is 9.59 Å². The molecule has 2 rings (SSSR count). The minimum Gasteiger partial charge on any atom is -0.354 e. The largest absolute Gasteiger partial charge is 0.354 e. The lowest BCUT2D eigenvalue weighted by Gasteiger charge is -2.24. The van der Waals surface area contributed by atoms with Gasteiger partial charge in [0.2, 0.25) is 5.91 Å². The number of piperidine rings is 1. The van der Waals surface area contributed by atoms with Crippen LogP contribution in [0.2, 0.25) is 0 Å². The molecule has 2 atom stereocenters. The van der Waals surface area contributed by atoms with Crippen molar-refractivity contribution < 1.29 is 9.59 Å². The first-order chi connectivity index (χ1) is 11.1. The lowest BCUT2D eigenvalue weighted by molar-refractivity contribution is -0.124. The molecule has 1 aliphatic heterocycles. The topological polar surface area (TPSA) is 70.2 Å². The monoisotopic (exact) mass is 337 g/mol. The molecule has 1 fully saturated rings. The van der Waals surface area contributed by atoms with Crippen molar-refractivity contribution in [1.29, 1.82) is 0 Å². The minimum atomic E-state index is -0.492. The zero-order valence-electron chi connectivity index (χ0n) is 13.9. The maximum Gasteiger partial charge on any atom is 0.262 e. The van der Waals surface area contributed by atoms with Gasteiger partial charge in [-0.1, -0.05) is 19.9 Å². The van der Waals surface area contributed by atoms with Gasteiger partial charge < -0.3 is 16.0 Å². The quantitative estimate of drug-likeness (QED) is 0.713. The van der Waals surface area contributed by atoms with Crippen LogP contribution >= 0.6 is 11.3 Å². The van der Waals surface area contributed by atoms with Gasteiger partial charge in [0.25, 0.3) is 5.91 Å². The molecule has 0 saturated carbocycles. The Labute approximate surface area is 142 Å². The fraction of sp³-hybridized carbons (Fsp3) is 0.647. The van der Waals surface area contributed by atoms with E-state index in [-0.39, 0.29) is 17.7 Å². The molecule has 6 heteroatoms. The van der Waals surface area contributed by atoms with Crippen LogP contribution in [0.25, 0.3) is 0 Å². The Morgan fingerprint density at radius 2 is 2.26 bits per heavy atom. The van der Waals surface area contributed by atoms with Crippen molar-refractivity contribution >= 4 is 23.2 Å². The first kappa shape index (κ1) is 17.9. The van der Waals surface area contributed by atoms with Gasteiger partial charge in [0.1, 0.15) is 6.04 Å². The Kier molecular flexibility index (Phi) is 7.05. The number of carbonyl (C=O) groups excluding carboxylic acids is 2. The van der Waals surface area contributed by atoms with E-state index < -0.39 is 6.04 Å². The van der Waals surface area contributed by atoms with Crippen LogP contribution in [-0.4, -0.2) is 37.5 Å². The van der Waals surface area contributed by atoms with E-state index in [1.807, 2.05) is 25.3 Å². The molecule has 0 bridgehead atoms. The summed E-state index contributed by atoms with van der Waals surface area (Å²) in [6.07, 6.45) is 3.43. The summed E-state index contributed by atoms with van der Waals surface area (Å²) in [6.45, 7) is 6.71. The zero-order chi connectivity index (χ0) is 16.7. The predicted molar refractivity (Wildman–Crippen MR) is 93.6 cm³/mol. The van der Waals surface area contributed by atoms with Crippen LogP contribution in [0.4, 0.5) is 0 Å². The van der Waals surface area contributed by atoms with Crippen LogP contribution < -0.4 is 16.0 Å². The van der Waals surface area contributed by atoms with Crippen molar-refractivity contribution in [2.24, 2.45) is 11.8 Å². The van der Waals surface area contributed by atoms with E-state index >= 15 is 0 Å². The molecule has 0 aliphatic carbocycles. The summed E-state index contributed by atoms with van der Waals surface area (Å²) in [7, 11) is 0. The van der Waals surface area contributed by atoms with Gasteiger partial charge in [-0.25, -0.2) is 0 Å². The maximum atomic E-state index is 12.4. The molecule has 2 unspecified atom stereocenters. The Morgan fingerprint density at radius 3 is 2.87 bits per heavy atom. The van der Waals surface area contributed by atoms with Crippen LogP contribution in [0.1, 0.15) is 42.8 Å². The van der Waals surface area contributed by atoms with Gasteiger partial charge in [-0.15, -0.1) is 11.3 Å². The van der Waals surface area contributed by atoms with Crippen LogP contribution in [0, 0.1) is 11.8 Å². The smallest absolute Gasteiger partial charge is 0.262 e. The lowest BCUT2D eigenvalue weighted by Crippen LogP contribution is -2.50. The van der Waals surface area contributed by atoms with E-state index in [4.69, 9.17) is 0 Å². The molecule has 5 nitrogen and oxygen atoms in total. The van der Waals surface area contributed by atoms with Crippen molar-refractivity contribution in [3.8, 4) is 0 Å². The molecule has 23 heavy (non-hydrogen) atoms. The van der Waals surface area contributed by atoms with Crippen molar-refractivity contribution in [3.63, 3.8) is 0 Å². The summed E-state index contributed by atoms with van der Waals surface area (Å²) in [6, 6.07) is 3.11. The molecular weight excluding hydrogens is 310 g/mol. The van der Waals surface area contributed by atoms with Crippen molar-refractivity contribution in [2.75, 3.05) is 19.6 Å². The van der Waals surface area contributed by atoms with E-state index in [1.54, 1.807) is 6.07 Å². The number of rotatable bonds is 7. The highest BCUT2D eigenvalue weighted by Crippen LogP contribution is 2.13. The lowest BCUT2D eigenvalue weighted by atomic mass is 9.96. The second-order valence-electron chi connectivity index (χ2n) is 6.46. The van der Waals surface area contributed by atoms with Crippen LogP contribution in [0.15, 0.2) is 17.5 Å². The minimum absolute atomic E-state index is 0.0512. The second-order valence-corrected chi connectivity index (χ2v) is 7.41. The van der Waals surface area contributed by atoms with Gasteiger partial charge in [-0.05, 0) is 55.6 Å². The third-order valence-corrected chi connectivity index (χ3v) is 5.10. The van der Waals surface area contributed by atoms with E-state index in [0.29, 0.717) is 17.3 Å². The third kappa shape index (κ3) is 5.62. The Balaban J connectivity index is 1.79. The zero-order valence-corrected chi connectivity index (χ0v) is 14.7. The number of carbonyl (C=O) groups is 2. The molecule has 0 radical (unpaired) electrons. The van der Waals surface area contributed by atoms with Gasteiger partial charge >= 0.3 is 0 Å². The summed E-state index contributed by atoms with van der Waals surface area (Å²) in [5, 5.41) is 11.1.